The largest absolute Gasteiger partial charge is 0.491 e. The molecule has 288 valence electrons. The average molecular weight is 756 g/mol. The number of aryl methyl sites for hydroxylation is 1. The van der Waals surface area contributed by atoms with Crippen LogP contribution in [0.2, 0.25) is 5.02 Å². The van der Waals surface area contributed by atoms with Crippen molar-refractivity contribution >= 4 is 34.2 Å². The van der Waals surface area contributed by atoms with E-state index in [2.05, 4.69) is 71.4 Å². The van der Waals surface area contributed by atoms with E-state index in [9.17, 15) is 9.00 Å². The van der Waals surface area contributed by atoms with Crippen molar-refractivity contribution < 1.29 is 18.5 Å². The summed E-state index contributed by atoms with van der Waals surface area (Å²) in [7, 11) is 0.109. The Labute approximate surface area is 321 Å². The molecule has 2 aromatic carbocycles. The number of nitrogens with zero attached hydrogens (tertiary/aromatic N) is 3. The molecule has 2 aromatic rings. The SMILES string of the molecule is CC/C=C/C(CN1CCN(C(C)C)CC1)C1CCC1CN1CC(c2ccc(Cl)cc2CCC)COc2ccc(C(=O)NS(=O)C(C)CCOC)cc21. The summed E-state index contributed by atoms with van der Waals surface area (Å²) in [5, 5.41) is 0.548. The Morgan fingerprint density at radius 1 is 1.10 bits per heavy atom. The van der Waals surface area contributed by atoms with Gasteiger partial charge in [0.25, 0.3) is 5.91 Å². The molecular weight excluding hydrogens is 692 g/mol. The van der Waals surface area contributed by atoms with Crippen molar-refractivity contribution in [3.63, 3.8) is 0 Å². The Hall–Kier alpha value is -2.43. The zero-order chi connectivity index (χ0) is 37.2. The monoisotopic (exact) mass is 754 g/mol. The molecular formula is C42H63ClN4O4S. The smallest absolute Gasteiger partial charge is 0.263 e. The molecule has 2 aliphatic heterocycles. The first-order chi connectivity index (χ1) is 25.1. The van der Waals surface area contributed by atoms with E-state index in [-0.39, 0.29) is 17.1 Å². The molecule has 8 nitrogen and oxygen atoms in total. The lowest BCUT2D eigenvalue weighted by Gasteiger charge is -2.46. The Morgan fingerprint density at radius 2 is 1.88 bits per heavy atom. The summed E-state index contributed by atoms with van der Waals surface area (Å²) in [4.78, 5) is 21.3. The number of allylic oxidation sites excluding steroid dienone is 1. The van der Waals surface area contributed by atoms with Crippen LogP contribution >= 0.6 is 11.6 Å². The van der Waals surface area contributed by atoms with Crippen LogP contribution in [0.15, 0.2) is 48.6 Å². The quantitative estimate of drug-likeness (QED) is 0.166. The van der Waals surface area contributed by atoms with E-state index in [1.54, 1.807) is 13.2 Å². The number of hydrogen-bond donors (Lipinski definition) is 1. The number of methoxy groups -OCH3 is 1. The highest BCUT2D eigenvalue weighted by molar-refractivity contribution is 7.84. The molecule has 2 fully saturated rings. The van der Waals surface area contributed by atoms with Crippen molar-refractivity contribution in [3.05, 3.63) is 70.3 Å². The van der Waals surface area contributed by atoms with Gasteiger partial charge in [-0.1, -0.05) is 50.1 Å². The second-order valence-electron chi connectivity index (χ2n) is 15.4. The number of ether oxygens (including phenoxy) is 2. The molecule has 6 unspecified atom stereocenters. The average Bonchev–Trinajstić information content (AvgIpc) is 3.30. The number of anilines is 1. The van der Waals surface area contributed by atoms with E-state index < -0.39 is 11.0 Å². The van der Waals surface area contributed by atoms with E-state index in [1.165, 1.54) is 24.0 Å². The highest BCUT2D eigenvalue weighted by Gasteiger charge is 2.39. The van der Waals surface area contributed by atoms with Crippen molar-refractivity contribution in [3.8, 4) is 5.75 Å². The van der Waals surface area contributed by atoms with Gasteiger partial charge in [-0.05, 0) is 112 Å². The summed E-state index contributed by atoms with van der Waals surface area (Å²) in [6, 6.07) is 12.6. The summed E-state index contributed by atoms with van der Waals surface area (Å²) in [6.07, 6.45) is 11.0. The van der Waals surface area contributed by atoms with Crippen molar-refractivity contribution in [1.82, 2.24) is 14.5 Å². The minimum atomic E-state index is -1.52. The number of hydrogen-bond acceptors (Lipinski definition) is 7. The molecule has 10 heteroatoms. The number of nitrogens with one attached hydrogen (secondary N) is 1. The standard InChI is InChI=1S/C42H63ClN4O4S/c1-7-9-11-34(26-45-19-21-46(22-20-45)30(3)4)39-15-12-35(39)27-47-28-36(38-16-14-37(43)24-32(38)10-8-2)29-51-41-17-13-33(25-40(41)47)42(48)44-52(49)31(5)18-23-50-6/h9,11,13-14,16-17,24-25,30-31,34-36,39H,7-8,10,12,15,18-23,26-29H2,1-6H3,(H,44,48)/b11-9+. The molecule has 2 heterocycles. The summed E-state index contributed by atoms with van der Waals surface area (Å²) < 4.78 is 27.5. The lowest BCUT2D eigenvalue weighted by atomic mass is 9.66. The Kier molecular flexibility index (Phi) is 15.5. The highest BCUT2D eigenvalue weighted by Crippen LogP contribution is 2.44. The fraction of sp³-hybridized carbons (Fsp3) is 0.643. The topological polar surface area (TPSA) is 74.4 Å². The molecule has 0 radical (unpaired) electrons. The molecule has 1 amide bonds. The second kappa shape index (κ2) is 19.8. The van der Waals surface area contributed by atoms with Crippen LogP contribution in [0.5, 0.6) is 5.75 Å². The number of halogens is 1. The third kappa shape index (κ3) is 10.6. The van der Waals surface area contributed by atoms with Gasteiger partial charge in [0, 0.05) is 82.1 Å². The van der Waals surface area contributed by atoms with Gasteiger partial charge in [-0.15, -0.1) is 0 Å². The molecule has 5 rings (SSSR count). The number of carbonyl (C=O) groups excluding carboxylic acids is 1. The summed E-state index contributed by atoms with van der Waals surface area (Å²) in [6.45, 7) is 19.3. The van der Waals surface area contributed by atoms with Gasteiger partial charge in [0.05, 0.1) is 17.5 Å². The first kappa shape index (κ1) is 40.7. The van der Waals surface area contributed by atoms with E-state index >= 15 is 0 Å². The Morgan fingerprint density at radius 3 is 2.56 bits per heavy atom. The molecule has 3 aliphatic rings. The molecule has 52 heavy (non-hydrogen) atoms. The predicted octanol–water partition coefficient (Wildman–Crippen LogP) is 7.73. The van der Waals surface area contributed by atoms with Gasteiger partial charge in [0.1, 0.15) is 16.7 Å². The van der Waals surface area contributed by atoms with E-state index in [0.717, 1.165) is 81.5 Å². The van der Waals surface area contributed by atoms with Crippen LogP contribution in [0.4, 0.5) is 5.69 Å². The molecule has 1 N–H and O–H groups in total. The number of fused-ring (bicyclic) bond motifs is 1. The lowest BCUT2D eigenvalue weighted by Crippen LogP contribution is -2.51. The number of carbonyl (C=O) groups is 1. The van der Waals surface area contributed by atoms with Gasteiger partial charge in [0.15, 0.2) is 0 Å². The summed E-state index contributed by atoms with van der Waals surface area (Å²) >= 11 is 6.50. The molecule has 1 saturated heterocycles. The highest BCUT2D eigenvalue weighted by atomic mass is 35.5. The van der Waals surface area contributed by atoms with Crippen LogP contribution in [0.3, 0.4) is 0 Å². The van der Waals surface area contributed by atoms with Gasteiger partial charge >= 0.3 is 0 Å². The Balaban J connectivity index is 1.40. The van der Waals surface area contributed by atoms with Gasteiger partial charge < -0.3 is 19.3 Å². The van der Waals surface area contributed by atoms with E-state index in [0.29, 0.717) is 49.0 Å². The van der Waals surface area contributed by atoms with Gasteiger partial charge in [-0.3, -0.25) is 14.4 Å². The fourth-order valence-corrected chi connectivity index (χ4v) is 9.18. The summed E-state index contributed by atoms with van der Waals surface area (Å²) in [5.74, 6) is 2.25. The minimum absolute atomic E-state index is 0.143. The van der Waals surface area contributed by atoms with Gasteiger partial charge in [-0.2, -0.15) is 0 Å². The fourth-order valence-electron chi connectivity index (χ4n) is 8.17. The summed E-state index contributed by atoms with van der Waals surface area (Å²) in [5.41, 5.74) is 4.00. The number of amides is 1. The van der Waals surface area contributed by atoms with Crippen molar-refractivity contribution in [2.45, 2.75) is 90.4 Å². The van der Waals surface area contributed by atoms with Crippen LogP contribution in [-0.2, 0) is 22.1 Å². The first-order valence-corrected chi connectivity index (χ1v) is 21.3. The van der Waals surface area contributed by atoms with E-state index in [1.807, 2.05) is 25.1 Å². The van der Waals surface area contributed by atoms with Crippen LogP contribution in [-0.4, -0.2) is 97.3 Å². The van der Waals surface area contributed by atoms with Crippen LogP contribution in [0, 0.1) is 17.8 Å². The normalized spacial score (nSPS) is 23.1. The maximum absolute atomic E-state index is 13.5. The number of piperazine rings is 1. The molecule has 6 atom stereocenters. The number of rotatable bonds is 17. The van der Waals surface area contributed by atoms with Crippen molar-refractivity contribution in [2.24, 2.45) is 17.8 Å². The second-order valence-corrected chi connectivity index (χ2v) is 17.5. The van der Waals surface area contributed by atoms with Crippen molar-refractivity contribution in [2.75, 3.05) is 71.0 Å². The zero-order valence-corrected chi connectivity index (χ0v) is 34.0. The molecule has 0 aromatic heterocycles. The molecule has 0 bridgehead atoms. The van der Waals surface area contributed by atoms with Crippen LogP contribution in [0.1, 0.15) is 94.1 Å². The predicted molar refractivity (Wildman–Crippen MR) is 216 cm³/mol. The molecule has 0 spiro atoms. The van der Waals surface area contributed by atoms with Gasteiger partial charge in [0.2, 0.25) is 0 Å². The third-order valence-electron chi connectivity index (χ3n) is 11.5. The van der Waals surface area contributed by atoms with Crippen LogP contribution in [0.25, 0.3) is 0 Å². The molecule has 1 aliphatic carbocycles. The van der Waals surface area contributed by atoms with Crippen molar-refractivity contribution in [1.29, 1.82) is 0 Å². The minimum Gasteiger partial charge on any atom is -0.491 e. The Bertz CT molecular complexity index is 1510. The third-order valence-corrected chi connectivity index (χ3v) is 13.1. The molecule has 1 saturated carbocycles. The van der Waals surface area contributed by atoms with Crippen LogP contribution < -0.4 is 14.4 Å². The number of benzene rings is 2. The lowest BCUT2D eigenvalue weighted by molar-refractivity contribution is 0.0652. The maximum Gasteiger partial charge on any atom is 0.263 e. The zero-order valence-electron chi connectivity index (χ0n) is 32.5. The van der Waals surface area contributed by atoms with Gasteiger partial charge in [-0.25, -0.2) is 4.21 Å². The maximum atomic E-state index is 13.5. The van der Waals surface area contributed by atoms with E-state index in [4.69, 9.17) is 21.1 Å². The first-order valence-electron chi connectivity index (χ1n) is 19.7.